The van der Waals surface area contributed by atoms with Crippen molar-refractivity contribution in [3.8, 4) is 5.75 Å². The van der Waals surface area contributed by atoms with Gasteiger partial charge in [0.2, 0.25) is 0 Å². The number of benzene rings is 2. The molecule has 0 atom stereocenters. The van der Waals surface area contributed by atoms with Crippen LogP contribution in [0, 0.1) is 3.70 Å². The second-order valence-electron chi connectivity index (χ2n) is 3.93. The van der Waals surface area contributed by atoms with Gasteiger partial charge in [-0.3, -0.25) is 0 Å². The lowest BCUT2D eigenvalue weighted by Crippen LogP contribution is -1.92. The molecule has 0 unspecified atom stereocenters. The Bertz CT molecular complexity index is 687. The molecule has 2 aromatic carbocycles. The number of rotatable bonds is 2. The highest BCUT2D eigenvalue weighted by Gasteiger charge is 2.08. The van der Waals surface area contributed by atoms with E-state index in [0.29, 0.717) is 6.61 Å². The lowest BCUT2D eigenvalue weighted by molar-refractivity contribution is 0.344. The van der Waals surface area contributed by atoms with Gasteiger partial charge in [0.15, 0.2) is 0 Å². The highest BCUT2D eigenvalue weighted by atomic mass is 127. The van der Waals surface area contributed by atoms with Crippen LogP contribution in [0.1, 0.15) is 6.92 Å². The Balaban J connectivity index is 2.45. The predicted octanol–water partition coefficient (Wildman–Crippen LogP) is 4.32. The van der Waals surface area contributed by atoms with Crippen LogP contribution in [0.3, 0.4) is 0 Å². The second kappa shape index (κ2) is 4.22. The van der Waals surface area contributed by atoms with Gasteiger partial charge in [-0.05, 0) is 41.0 Å². The van der Waals surface area contributed by atoms with Crippen LogP contribution in [0.5, 0.6) is 5.75 Å². The maximum atomic E-state index is 5.71. The first-order valence-corrected chi connectivity index (χ1v) is 6.70. The summed E-state index contributed by atoms with van der Waals surface area (Å²) in [5, 5.41) is 3.68. The number of nitrogens with one attached hydrogen (secondary N) is 1. The summed E-state index contributed by atoms with van der Waals surface area (Å²) < 4.78 is 6.86. The fourth-order valence-electron chi connectivity index (χ4n) is 2.19. The van der Waals surface area contributed by atoms with Gasteiger partial charge in [0.05, 0.1) is 15.8 Å². The van der Waals surface area contributed by atoms with Crippen LogP contribution >= 0.6 is 22.6 Å². The minimum absolute atomic E-state index is 0.688. The van der Waals surface area contributed by atoms with E-state index in [0.717, 1.165) is 15.0 Å². The predicted molar refractivity (Wildman–Crippen MR) is 79.7 cm³/mol. The van der Waals surface area contributed by atoms with Crippen molar-refractivity contribution in [1.29, 1.82) is 0 Å². The van der Waals surface area contributed by atoms with Crippen molar-refractivity contribution in [2.45, 2.75) is 6.92 Å². The van der Waals surface area contributed by atoms with Gasteiger partial charge in [-0.1, -0.05) is 24.3 Å². The molecule has 0 aliphatic carbocycles. The zero-order valence-corrected chi connectivity index (χ0v) is 11.6. The average molecular weight is 337 g/mol. The molecular formula is C14H12INO. The molecule has 0 aliphatic heterocycles. The SMILES string of the molecule is CCOc1cc2[nH]c(I)cc2c2ccccc12. The molecule has 2 nitrogen and oxygen atoms in total. The Morgan fingerprint density at radius 3 is 2.65 bits per heavy atom. The van der Waals surface area contributed by atoms with Gasteiger partial charge in [0.25, 0.3) is 0 Å². The lowest BCUT2D eigenvalue weighted by atomic mass is 10.1. The molecule has 0 saturated heterocycles. The Morgan fingerprint density at radius 1 is 1.12 bits per heavy atom. The van der Waals surface area contributed by atoms with E-state index in [4.69, 9.17) is 4.74 Å². The zero-order valence-electron chi connectivity index (χ0n) is 9.46. The molecule has 17 heavy (non-hydrogen) atoms. The molecule has 0 bridgehead atoms. The third kappa shape index (κ3) is 1.78. The van der Waals surface area contributed by atoms with E-state index < -0.39 is 0 Å². The van der Waals surface area contributed by atoms with E-state index in [9.17, 15) is 0 Å². The average Bonchev–Trinajstić information content (AvgIpc) is 2.70. The number of aromatic nitrogens is 1. The molecule has 0 radical (unpaired) electrons. The fraction of sp³-hybridized carbons (Fsp3) is 0.143. The lowest BCUT2D eigenvalue weighted by Gasteiger charge is -2.08. The number of fused-ring (bicyclic) bond motifs is 3. The van der Waals surface area contributed by atoms with Gasteiger partial charge in [0.1, 0.15) is 5.75 Å². The Kier molecular flexibility index (Phi) is 2.70. The summed E-state index contributed by atoms with van der Waals surface area (Å²) in [7, 11) is 0. The molecule has 86 valence electrons. The van der Waals surface area contributed by atoms with E-state index in [1.165, 1.54) is 16.2 Å². The molecule has 1 N–H and O–H groups in total. The smallest absolute Gasteiger partial charge is 0.129 e. The number of H-pyrrole nitrogens is 1. The van der Waals surface area contributed by atoms with E-state index in [-0.39, 0.29) is 0 Å². The quantitative estimate of drug-likeness (QED) is 0.692. The van der Waals surface area contributed by atoms with Crippen LogP contribution in [0.4, 0.5) is 0 Å². The first-order valence-electron chi connectivity index (χ1n) is 5.62. The van der Waals surface area contributed by atoms with Crippen LogP contribution in [0.25, 0.3) is 21.7 Å². The molecular weight excluding hydrogens is 325 g/mol. The molecule has 1 heterocycles. The molecule has 1 aromatic heterocycles. The third-order valence-electron chi connectivity index (χ3n) is 2.87. The van der Waals surface area contributed by atoms with Gasteiger partial charge in [0, 0.05) is 16.8 Å². The molecule has 0 amide bonds. The van der Waals surface area contributed by atoms with Crippen LogP contribution < -0.4 is 4.74 Å². The molecule has 3 heteroatoms. The molecule has 0 fully saturated rings. The van der Waals surface area contributed by atoms with Crippen molar-refractivity contribution in [2.75, 3.05) is 6.61 Å². The first-order chi connectivity index (χ1) is 8.29. The van der Waals surface area contributed by atoms with Gasteiger partial charge in [-0.15, -0.1) is 0 Å². The Labute approximate surface area is 113 Å². The van der Waals surface area contributed by atoms with Gasteiger partial charge >= 0.3 is 0 Å². The third-order valence-corrected chi connectivity index (χ3v) is 3.45. The summed E-state index contributed by atoms with van der Waals surface area (Å²) in [6.45, 7) is 2.70. The van der Waals surface area contributed by atoms with Gasteiger partial charge in [-0.2, -0.15) is 0 Å². The van der Waals surface area contributed by atoms with E-state index in [1.54, 1.807) is 0 Å². The highest BCUT2D eigenvalue weighted by Crippen LogP contribution is 2.33. The monoisotopic (exact) mass is 337 g/mol. The van der Waals surface area contributed by atoms with Crippen LogP contribution in [0.15, 0.2) is 36.4 Å². The summed E-state index contributed by atoms with van der Waals surface area (Å²) in [6, 6.07) is 12.6. The fourth-order valence-corrected chi connectivity index (χ4v) is 2.79. The summed E-state index contributed by atoms with van der Waals surface area (Å²) in [5.41, 5.74) is 1.14. The van der Waals surface area contributed by atoms with Gasteiger partial charge < -0.3 is 9.72 Å². The van der Waals surface area contributed by atoms with E-state index >= 15 is 0 Å². The molecule has 0 aliphatic rings. The summed E-state index contributed by atoms with van der Waals surface area (Å²) in [4.78, 5) is 3.36. The Hall–Kier alpha value is -1.23. The van der Waals surface area contributed by atoms with Crippen molar-refractivity contribution in [3.63, 3.8) is 0 Å². The maximum absolute atomic E-state index is 5.71. The number of hydrogen-bond donors (Lipinski definition) is 1. The van der Waals surface area contributed by atoms with Crippen molar-refractivity contribution < 1.29 is 4.74 Å². The minimum atomic E-state index is 0.688. The number of halogens is 1. The van der Waals surface area contributed by atoms with Crippen molar-refractivity contribution in [1.82, 2.24) is 4.98 Å². The standard InChI is InChI=1S/C14H12INO/c1-2-17-13-8-12-11(7-14(15)16-12)9-5-3-4-6-10(9)13/h3-8,16H,2H2,1H3. The molecule has 3 aromatic rings. The number of ether oxygens (including phenoxy) is 1. The largest absolute Gasteiger partial charge is 0.493 e. The zero-order chi connectivity index (χ0) is 11.8. The topological polar surface area (TPSA) is 25.0 Å². The van der Waals surface area contributed by atoms with Crippen LogP contribution in [-0.2, 0) is 0 Å². The summed E-state index contributed by atoms with van der Waals surface area (Å²) in [5.74, 6) is 0.953. The van der Waals surface area contributed by atoms with Crippen molar-refractivity contribution in [2.24, 2.45) is 0 Å². The Morgan fingerprint density at radius 2 is 1.88 bits per heavy atom. The van der Waals surface area contributed by atoms with Crippen LogP contribution in [-0.4, -0.2) is 11.6 Å². The van der Waals surface area contributed by atoms with Crippen molar-refractivity contribution in [3.05, 3.63) is 40.1 Å². The molecule has 0 spiro atoms. The van der Waals surface area contributed by atoms with Crippen molar-refractivity contribution >= 4 is 44.3 Å². The number of hydrogen-bond acceptors (Lipinski definition) is 1. The minimum Gasteiger partial charge on any atom is -0.493 e. The normalized spacial score (nSPS) is 11.2. The first kappa shape index (κ1) is 10.9. The number of aromatic amines is 1. The summed E-state index contributed by atoms with van der Waals surface area (Å²) in [6.07, 6.45) is 0. The van der Waals surface area contributed by atoms with E-state index in [1.807, 2.05) is 13.0 Å². The maximum Gasteiger partial charge on any atom is 0.129 e. The van der Waals surface area contributed by atoms with Gasteiger partial charge in [-0.25, -0.2) is 0 Å². The van der Waals surface area contributed by atoms with E-state index in [2.05, 4.69) is 57.9 Å². The summed E-state index contributed by atoms with van der Waals surface area (Å²) >= 11 is 2.30. The highest BCUT2D eigenvalue weighted by molar-refractivity contribution is 14.1. The molecule has 0 saturated carbocycles. The van der Waals surface area contributed by atoms with Crippen LogP contribution in [0.2, 0.25) is 0 Å². The second-order valence-corrected chi connectivity index (χ2v) is 5.09. The molecule has 3 rings (SSSR count).